The van der Waals surface area contributed by atoms with E-state index in [9.17, 15) is 18.0 Å². The van der Waals surface area contributed by atoms with Gasteiger partial charge in [-0.05, 0) is 11.6 Å². The molecule has 1 atom stereocenters. The molecule has 1 amide bonds. The highest BCUT2D eigenvalue weighted by Crippen LogP contribution is 2.21. The van der Waals surface area contributed by atoms with E-state index in [-0.39, 0.29) is 25.0 Å². The molecule has 1 N–H and O–H groups in total. The van der Waals surface area contributed by atoms with Crippen molar-refractivity contribution in [1.82, 2.24) is 20.1 Å². The average Bonchev–Trinajstić information content (AvgIpc) is 2.47. The molecule has 0 spiro atoms. The molecule has 0 aliphatic carbocycles. The molecule has 130 valence electrons. The van der Waals surface area contributed by atoms with Crippen molar-refractivity contribution in [3.05, 3.63) is 30.1 Å². The Morgan fingerprint density at radius 3 is 2.87 bits per heavy atom. The van der Waals surface area contributed by atoms with Gasteiger partial charge in [0.15, 0.2) is 0 Å². The zero-order valence-electron chi connectivity index (χ0n) is 12.7. The molecule has 1 unspecified atom stereocenters. The number of amides is 1. The van der Waals surface area contributed by atoms with E-state index in [0.717, 1.165) is 10.5 Å². The van der Waals surface area contributed by atoms with E-state index in [4.69, 9.17) is 0 Å². The number of nitrogens with one attached hydrogen (secondary N) is 1. The first-order chi connectivity index (χ1) is 10.4. The van der Waals surface area contributed by atoms with E-state index >= 15 is 0 Å². The molecule has 0 radical (unpaired) electrons. The van der Waals surface area contributed by atoms with Crippen LogP contribution in [0.15, 0.2) is 24.5 Å². The Kier molecular flexibility index (Phi) is 7.24. The molecule has 1 aliphatic heterocycles. The fraction of sp³-hybridized carbons (Fsp3) is 0.571. The first kappa shape index (κ1) is 19.7. The van der Waals surface area contributed by atoms with Gasteiger partial charge in [-0.1, -0.05) is 6.07 Å². The van der Waals surface area contributed by atoms with E-state index in [1.54, 1.807) is 18.5 Å². The summed E-state index contributed by atoms with van der Waals surface area (Å²) in [4.78, 5) is 18.7. The first-order valence-corrected chi connectivity index (χ1v) is 7.02. The van der Waals surface area contributed by atoms with Crippen molar-refractivity contribution in [3.8, 4) is 0 Å². The lowest BCUT2D eigenvalue weighted by Crippen LogP contribution is -2.50. The van der Waals surface area contributed by atoms with Crippen LogP contribution in [-0.4, -0.2) is 66.6 Å². The standard InChI is InChI=1S/C14H19F3N4O.ClH/c1-20(10-14(15,16)17)13(22)9-21-6-5-19-8-12(21)11-3-2-4-18-7-11;/h2-4,7,12,19H,5-6,8-10H2,1H3;1H. The number of nitrogens with zero attached hydrogens (tertiary/aromatic N) is 3. The Morgan fingerprint density at radius 2 is 2.26 bits per heavy atom. The van der Waals surface area contributed by atoms with Crippen molar-refractivity contribution >= 4 is 18.3 Å². The molecule has 5 nitrogen and oxygen atoms in total. The second kappa shape index (κ2) is 8.47. The molecule has 9 heteroatoms. The number of carbonyl (C=O) groups excluding carboxylic acids is 1. The molecule has 1 aromatic rings. The van der Waals surface area contributed by atoms with Crippen LogP contribution >= 0.6 is 12.4 Å². The molecule has 1 aliphatic rings. The zero-order valence-corrected chi connectivity index (χ0v) is 13.5. The van der Waals surface area contributed by atoms with Gasteiger partial charge in [-0.25, -0.2) is 0 Å². The molecular weight excluding hydrogens is 333 g/mol. The number of aromatic nitrogens is 1. The lowest BCUT2D eigenvalue weighted by Gasteiger charge is -2.36. The predicted molar refractivity (Wildman–Crippen MR) is 82.4 cm³/mol. The monoisotopic (exact) mass is 352 g/mol. The van der Waals surface area contributed by atoms with Crippen molar-refractivity contribution < 1.29 is 18.0 Å². The van der Waals surface area contributed by atoms with Crippen LogP contribution in [0.1, 0.15) is 11.6 Å². The summed E-state index contributed by atoms with van der Waals surface area (Å²) in [6.45, 7) is 0.684. The SMILES string of the molecule is CN(CC(F)(F)F)C(=O)CN1CCNCC1c1cccnc1.Cl. The van der Waals surface area contributed by atoms with Crippen LogP contribution in [0.3, 0.4) is 0 Å². The molecule has 1 fully saturated rings. The number of pyridine rings is 1. The number of piperazine rings is 1. The van der Waals surface area contributed by atoms with Crippen molar-refractivity contribution in [2.45, 2.75) is 12.2 Å². The minimum Gasteiger partial charge on any atom is -0.336 e. The predicted octanol–water partition coefficient (Wildman–Crippen LogP) is 1.47. The Morgan fingerprint density at radius 1 is 1.52 bits per heavy atom. The maximum absolute atomic E-state index is 12.4. The van der Waals surface area contributed by atoms with Gasteiger partial charge in [0.1, 0.15) is 6.54 Å². The van der Waals surface area contributed by atoms with Gasteiger partial charge in [0.05, 0.1) is 6.54 Å². The number of carbonyl (C=O) groups is 1. The molecule has 0 saturated carbocycles. The minimum atomic E-state index is -4.38. The van der Waals surface area contributed by atoms with E-state index in [2.05, 4.69) is 10.3 Å². The van der Waals surface area contributed by atoms with Crippen molar-refractivity contribution in [1.29, 1.82) is 0 Å². The van der Waals surface area contributed by atoms with E-state index in [1.807, 2.05) is 11.0 Å². The van der Waals surface area contributed by atoms with Gasteiger partial charge in [-0.2, -0.15) is 13.2 Å². The number of likely N-dealkylation sites (N-methyl/N-ethyl adjacent to an activating group) is 1. The summed E-state index contributed by atoms with van der Waals surface area (Å²) in [6, 6.07) is 3.65. The Balaban J connectivity index is 0.00000264. The van der Waals surface area contributed by atoms with Crippen molar-refractivity contribution in [2.24, 2.45) is 0 Å². The Bertz CT molecular complexity index is 501. The number of hydrogen-bond acceptors (Lipinski definition) is 4. The number of rotatable bonds is 4. The maximum atomic E-state index is 12.4. The van der Waals surface area contributed by atoms with Gasteiger partial charge >= 0.3 is 6.18 Å². The van der Waals surface area contributed by atoms with E-state index < -0.39 is 18.6 Å². The molecular formula is C14H20ClF3N4O. The van der Waals surface area contributed by atoms with Crippen LogP contribution in [0.25, 0.3) is 0 Å². The normalized spacial score (nSPS) is 19.0. The highest BCUT2D eigenvalue weighted by Gasteiger charge is 2.33. The maximum Gasteiger partial charge on any atom is 0.406 e. The quantitative estimate of drug-likeness (QED) is 0.891. The van der Waals surface area contributed by atoms with E-state index in [1.165, 1.54) is 7.05 Å². The van der Waals surface area contributed by atoms with Gasteiger partial charge in [-0.15, -0.1) is 12.4 Å². The van der Waals surface area contributed by atoms with Crippen LogP contribution < -0.4 is 5.32 Å². The molecule has 2 heterocycles. The van der Waals surface area contributed by atoms with Crippen LogP contribution in [0, 0.1) is 0 Å². The summed E-state index contributed by atoms with van der Waals surface area (Å²) in [5.41, 5.74) is 0.945. The molecule has 23 heavy (non-hydrogen) atoms. The third-order valence-electron chi connectivity index (χ3n) is 3.60. The van der Waals surface area contributed by atoms with Gasteiger partial charge in [-0.3, -0.25) is 14.7 Å². The topological polar surface area (TPSA) is 48.5 Å². The molecule has 0 bridgehead atoms. The second-order valence-corrected chi connectivity index (χ2v) is 5.34. The molecule has 1 aromatic heterocycles. The summed E-state index contributed by atoms with van der Waals surface area (Å²) in [7, 11) is 1.18. The van der Waals surface area contributed by atoms with Crippen LogP contribution in [0.2, 0.25) is 0 Å². The Labute approximate surface area is 139 Å². The number of alkyl halides is 3. The summed E-state index contributed by atoms with van der Waals surface area (Å²) >= 11 is 0. The fourth-order valence-corrected chi connectivity index (χ4v) is 2.49. The van der Waals surface area contributed by atoms with Gasteiger partial charge in [0.2, 0.25) is 5.91 Å². The molecule has 2 rings (SSSR count). The smallest absolute Gasteiger partial charge is 0.336 e. The van der Waals surface area contributed by atoms with Crippen molar-refractivity contribution in [2.75, 3.05) is 39.8 Å². The lowest BCUT2D eigenvalue weighted by atomic mass is 10.1. The van der Waals surface area contributed by atoms with E-state index in [0.29, 0.717) is 19.6 Å². The largest absolute Gasteiger partial charge is 0.406 e. The Hall–Kier alpha value is -1.38. The third kappa shape index (κ3) is 5.96. The van der Waals surface area contributed by atoms with Crippen LogP contribution in [-0.2, 0) is 4.79 Å². The number of halogens is 4. The summed E-state index contributed by atoms with van der Waals surface area (Å²) in [6.07, 6.45) is -1.00. The molecule has 1 saturated heterocycles. The second-order valence-electron chi connectivity index (χ2n) is 5.34. The van der Waals surface area contributed by atoms with Crippen LogP contribution in [0.4, 0.5) is 13.2 Å². The average molecular weight is 353 g/mol. The first-order valence-electron chi connectivity index (χ1n) is 7.02. The van der Waals surface area contributed by atoms with Gasteiger partial charge < -0.3 is 10.2 Å². The highest BCUT2D eigenvalue weighted by atomic mass is 35.5. The minimum absolute atomic E-state index is 0. The van der Waals surface area contributed by atoms with Crippen LogP contribution in [0.5, 0.6) is 0 Å². The lowest BCUT2D eigenvalue weighted by molar-refractivity contribution is -0.159. The number of hydrogen-bond donors (Lipinski definition) is 1. The highest BCUT2D eigenvalue weighted by molar-refractivity contribution is 5.85. The zero-order chi connectivity index (χ0) is 16.2. The fourth-order valence-electron chi connectivity index (χ4n) is 2.49. The summed E-state index contributed by atoms with van der Waals surface area (Å²) in [5, 5.41) is 3.23. The third-order valence-corrected chi connectivity index (χ3v) is 3.60. The summed E-state index contributed by atoms with van der Waals surface area (Å²) < 4.78 is 37.1. The summed E-state index contributed by atoms with van der Waals surface area (Å²) in [5.74, 6) is -0.534. The van der Waals surface area contributed by atoms with Gasteiger partial charge in [0, 0.05) is 45.1 Å². The molecule has 0 aromatic carbocycles. The van der Waals surface area contributed by atoms with Gasteiger partial charge in [0.25, 0.3) is 0 Å². The van der Waals surface area contributed by atoms with Crippen molar-refractivity contribution in [3.63, 3.8) is 0 Å².